The standard InChI is InChI=1S/2C21H21P.2C2H4O2.2Pd/c2*1-16-10-4-7-13-19(16)22(20-14-8-5-11-17(20)2)21-15-9-6-12-18(21)3;2*1-2(3)4;;/h2*4-15H,1-3H3;2*1H3,(H,3,4);;. The van der Waals surface area contributed by atoms with E-state index in [-0.39, 0.29) is 40.8 Å². The molecule has 0 aliphatic heterocycles. The number of carboxylic acids is 2. The van der Waals surface area contributed by atoms with Crippen molar-refractivity contribution in [1.29, 1.82) is 0 Å². The molecule has 0 aliphatic rings. The first-order chi connectivity index (χ1) is 24.8. The average Bonchev–Trinajstić information content (AvgIpc) is 3.10. The summed E-state index contributed by atoms with van der Waals surface area (Å²) in [6.45, 7) is 15.5. The molecule has 0 fully saturated rings. The monoisotopic (exact) mass is 940 g/mol. The number of carboxylic acid groups (broad SMARTS) is 2. The van der Waals surface area contributed by atoms with Crippen molar-refractivity contribution in [2.75, 3.05) is 0 Å². The van der Waals surface area contributed by atoms with Gasteiger partial charge in [-0.2, -0.15) is 0 Å². The van der Waals surface area contributed by atoms with Gasteiger partial charge >= 0.3 is 0 Å². The van der Waals surface area contributed by atoms with E-state index in [9.17, 15) is 0 Å². The molecule has 0 radical (unpaired) electrons. The fraction of sp³-hybridized carbons (Fsp3) is 0.174. The summed E-state index contributed by atoms with van der Waals surface area (Å²) in [5.74, 6) is -1.67. The fourth-order valence-electron chi connectivity index (χ4n) is 5.66. The SMILES string of the molecule is CC(=O)O.CC(=O)O.Cc1ccccc1P(c1ccccc1C)c1ccccc1C.Cc1ccccc1P(c1ccccc1C)c1ccccc1C.[Pd].[Pd]. The van der Waals surface area contributed by atoms with E-state index in [0.29, 0.717) is 0 Å². The summed E-state index contributed by atoms with van der Waals surface area (Å²) in [4.78, 5) is 18.0. The Balaban J connectivity index is 0.000000437. The van der Waals surface area contributed by atoms with Crippen LogP contribution in [0.1, 0.15) is 47.2 Å². The van der Waals surface area contributed by atoms with Crippen LogP contribution >= 0.6 is 15.8 Å². The van der Waals surface area contributed by atoms with E-state index in [1.165, 1.54) is 65.2 Å². The van der Waals surface area contributed by atoms with Crippen molar-refractivity contribution in [3.63, 3.8) is 0 Å². The van der Waals surface area contributed by atoms with Gasteiger partial charge in [-0.25, -0.2) is 0 Å². The van der Waals surface area contributed by atoms with Crippen molar-refractivity contribution in [2.45, 2.75) is 55.4 Å². The third-order valence-electron chi connectivity index (χ3n) is 8.14. The van der Waals surface area contributed by atoms with Gasteiger partial charge in [0.25, 0.3) is 11.9 Å². The Morgan fingerprint density at radius 3 is 0.556 bits per heavy atom. The van der Waals surface area contributed by atoms with Gasteiger partial charge in [0.2, 0.25) is 0 Å². The summed E-state index contributed by atoms with van der Waals surface area (Å²) in [6.07, 6.45) is 0. The van der Waals surface area contributed by atoms with Crippen LogP contribution < -0.4 is 31.8 Å². The second-order valence-electron chi connectivity index (χ2n) is 12.4. The fourth-order valence-corrected chi connectivity index (χ4v) is 11.2. The van der Waals surface area contributed by atoms with Gasteiger partial charge in [-0.05, 0) is 123 Å². The largest absolute Gasteiger partial charge is 0.481 e. The summed E-state index contributed by atoms with van der Waals surface area (Å²) in [5, 5.41) is 23.6. The number of hydrogen-bond donors (Lipinski definition) is 2. The summed E-state index contributed by atoms with van der Waals surface area (Å²) in [6, 6.07) is 52.8. The molecule has 6 aromatic rings. The molecule has 0 atom stereocenters. The van der Waals surface area contributed by atoms with Crippen LogP contribution in [-0.2, 0) is 50.4 Å². The van der Waals surface area contributed by atoms with Gasteiger partial charge < -0.3 is 10.2 Å². The molecular weight excluding hydrogens is 891 g/mol. The Morgan fingerprint density at radius 2 is 0.444 bits per heavy atom. The number of rotatable bonds is 6. The normalized spacial score (nSPS) is 9.81. The van der Waals surface area contributed by atoms with Crippen molar-refractivity contribution in [3.05, 3.63) is 179 Å². The first-order valence-corrected chi connectivity index (χ1v) is 19.8. The van der Waals surface area contributed by atoms with Crippen molar-refractivity contribution >= 4 is 59.6 Å². The number of aliphatic carboxylic acids is 2. The van der Waals surface area contributed by atoms with E-state index < -0.39 is 27.8 Å². The van der Waals surface area contributed by atoms with Crippen LogP contribution in [-0.4, -0.2) is 22.2 Å². The molecule has 0 saturated heterocycles. The van der Waals surface area contributed by atoms with E-state index in [4.69, 9.17) is 19.8 Å². The molecule has 2 N–H and O–H groups in total. The second-order valence-corrected chi connectivity index (χ2v) is 16.7. The predicted octanol–water partition coefficient (Wildman–Crippen LogP) is 8.92. The van der Waals surface area contributed by atoms with E-state index in [0.717, 1.165) is 13.8 Å². The second kappa shape index (κ2) is 24.8. The zero-order valence-corrected chi connectivity index (χ0v) is 37.0. The maximum absolute atomic E-state index is 9.00. The van der Waals surface area contributed by atoms with E-state index >= 15 is 0 Å². The third-order valence-corrected chi connectivity index (χ3v) is 14.0. The summed E-state index contributed by atoms with van der Waals surface area (Å²) in [7, 11) is -1.02. The topological polar surface area (TPSA) is 74.6 Å². The number of carbonyl (C=O) groups is 2. The molecule has 0 aromatic heterocycles. The zero-order chi connectivity index (χ0) is 38.2. The van der Waals surface area contributed by atoms with Gasteiger partial charge in [0, 0.05) is 54.7 Å². The molecule has 0 spiro atoms. The number of aryl methyl sites for hydroxylation is 6. The predicted molar refractivity (Wildman–Crippen MR) is 225 cm³/mol. The average molecular weight is 942 g/mol. The smallest absolute Gasteiger partial charge is 0.300 e. The van der Waals surface area contributed by atoms with E-state index in [1.54, 1.807) is 0 Å². The molecule has 0 bridgehead atoms. The summed E-state index contributed by atoms with van der Waals surface area (Å²) < 4.78 is 0. The van der Waals surface area contributed by atoms with Gasteiger partial charge in [-0.3, -0.25) is 9.59 Å². The quantitative estimate of drug-likeness (QED) is 0.129. The van der Waals surface area contributed by atoms with Crippen LogP contribution in [0.2, 0.25) is 0 Å². The minimum Gasteiger partial charge on any atom is -0.481 e. The van der Waals surface area contributed by atoms with Crippen LogP contribution in [0.5, 0.6) is 0 Å². The van der Waals surface area contributed by atoms with Crippen LogP contribution in [0.15, 0.2) is 146 Å². The van der Waals surface area contributed by atoms with Gasteiger partial charge in [0.1, 0.15) is 0 Å². The van der Waals surface area contributed by atoms with Crippen LogP contribution in [0.4, 0.5) is 0 Å². The third kappa shape index (κ3) is 14.6. The number of hydrogen-bond acceptors (Lipinski definition) is 2. The molecular formula is C46H50O4P2Pd2. The molecule has 6 rings (SSSR count). The van der Waals surface area contributed by atoms with Crippen molar-refractivity contribution in [2.24, 2.45) is 0 Å². The van der Waals surface area contributed by atoms with Crippen LogP contribution in [0.25, 0.3) is 0 Å². The zero-order valence-electron chi connectivity index (χ0n) is 32.1. The van der Waals surface area contributed by atoms with Gasteiger partial charge in [-0.1, -0.05) is 146 Å². The minimum atomic E-state index is -0.833. The molecule has 6 aromatic carbocycles. The Morgan fingerprint density at radius 1 is 0.333 bits per heavy atom. The summed E-state index contributed by atoms with van der Waals surface area (Å²) in [5.41, 5.74) is 8.25. The molecule has 0 heterocycles. The van der Waals surface area contributed by atoms with Gasteiger partial charge in [0.15, 0.2) is 0 Å². The van der Waals surface area contributed by atoms with Gasteiger partial charge in [-0.15, -0.1) is 0 Å². The Labute approximate surface area is 352 Å². The molecule has 0 unspecified atom stereocenters. The van der Waals surface area contributed by atoms with Crippen molar-refractivity contribution in [3.8, 4) is 0 Å². The van der Waals surface area contributed by atoms with Crippen molar-refractivity contribution < 1.29 is 60.6 Å². The Hall–Kier alpha value is -3.56. The Bertz CT molecular complexity index is 1710. The molecule has 4 nitrogen and oxygen atoms in total. The van der Waals surface area contributed by atoms with E-state index in [2.05, 4.69) is 187 Å². The van der Waals surface area contributed by atoms with Crippen molar-refractivity contribution in [1.82, 2.24) is 0 Å². The first kappa shape index (κ1) is 48.5. The Kier molecular flexibility index (Phi) is 22.2. The molecule has 0 amide bonds. The minimum absolute atomic E-state index is 0. The molecule has 0 saturated carbocycles. The maximum Gasteiger partial charge on any atom is 0.300 e. The molecule has 288 valence electrons. The van der Waals surface area contributed by atoms with Crippen LogP contribution in [0, 0.1) is 41.5 Å². The number of benzene rings is 6. The van der Waals surface area contributed by atoms with E-state index in [1.807, 2.05) is 0 Å². The van der Waals surface area contributed by atoms with Crippen LogP contribution in [0.3, 0.4) is 0 Å². The summed E-state index contributed by atoms with van der Waals surface area (Å²) >= 11 is 0. The van der Waals surface area contributed by atoms with Gasteiger partial charge in [0.05, 0.1) is 0 Å². The molecule has 0 aliphatic carbocycles. The molecule has 8 heteroatoms. The first-order valence-electron chi connectivity index (χ1n) is 17.2. The maximum atomic E-state index is 9.00. The molecule has 54 heavy (non-hydrogen) atoms.